The van der Waals surface area contributed by atoms with Gasteiger partial charge in [-0.05, 0) is 37.6 Å². The minimum atomic E-state index is 0.752. The number of aromatic nitrogens is 2. The van der Waals surface area contributed by atoms with E-state index < -0.39 is 0 Å². The first-order valence-electron chi connectivity index (χ1n) is 8.25. The van der Waals surface area contributed by atoms with E-state index in [2.05, 4.69) is 23.2 Å². The van der Waals surface area contributed by atoms with Gasteiger partial charge in [-0.15, -0.1) is 10.2 Å². The second kappa shape index (κ2) is 6.32. The van der Waals surface area contributed by atoms with E-state index in [9.17, 15) is 0 Å². The van der Waals surface area contributed by atoms with Gasteiger partial charge in [0.1, 0.15) is 11.3 Å². The largest absolute Gasteiger partial charge is 0.280 e. The fraction of sp³-hybridized carbons (Fsp3) is 0.0952. The van der Waals surface area contributed by atoms with Gasteiger partial charge >= 0.3 is 0 Å². The Morgan fingerprint density at radius 2 is 1.52 bits per heavy atom. The van der Waals surface area contributed by atoms with Gasteiger partial charge in [0.25, 0.3) is 0 Å². The molecule has 2 aromatic carbocycles. The summed E-state index contributed by atoms with van der Waals surface area (Å²) in [6.07, 6.45) is 0. The minimum absolute atomic E-state index is 0.752. The molecule has 0 atom stereocenters. The van der Waals surface area contributed by atoms with Crippen LogP contribution in [0.5, 0.6) is 0 Å². The summed E-state index contributed by atoms with van der Waals surface area (Å²) in [4.78, 5) is 4.79. The summed E-state index contributed by atoms with van der Waals surface area (Å²) in [5, 5.41) is 9.08. The molecule has 2 aromatic heterocycles. The summed E-state index contributed by atoms with van der Waals surface area (Å²) < 4.78 is 2.05. The number of rotatable bonds is 3. The maximum Gasteiger partial charge on any atom is 0.187 e. The summed E-state index contributed by atoms with van der Waals surface area (Å²) in [6.45, 7) is 4.09. The second-order valence-corrected chi connectivity index (χ2v) is 6.00. The average molecular weight is 326 g/mol. The Morgan fingerprint density at radius 1 is 0.760 bits per heavy atom. The first kappa shape index (κ1) is 15.3. The van der Waals surface area contributed by atoms with Crippen molar-refractivity contribution < 1.29 is 0 Å². The zero-order chi connectivity index (χ0) is 17.2. The Hall–Kier alpha value is -3.27. The molecule has 0 fully saturated rings. The van der Waals surface area contributed by atoms with Gasteiger partial charge < -0.3 is 0 Å². The lowest BCUT2D eigenvalue weighted by atomic mass is 10.1. The van der Waals surface area contributed by atoms with Crippen molar-refractivity contribution in [3.05, 3.63) is 84.1 Å². The molecule has 0 spiro atoms. The first-order valence-corrected chi connectivity index (χ1v) is 8.25. The number of imidazole rings is 1. The van der Waals surface area contributed by atoms with Gasteiger partial charge in [-0.25, -0.2) is 4.98 Å². The number of nitrogens with zero attached hydrogens (tertiary/aromatic N) is 4. The van der Waals surface area contributed by atoms with Gasteiger partial charge in [0.15, 0.2) is 5.82 Å². The summed E-state index contributed by atoms with van der Waals surface area (Å²) >= 11 is 0. The third-order valence-corrected chi connectivity index (χ3v) is 4.23. The second-order valence-electron chi connectivity index (χ2n) is 6.00. The maximum absolute atomic E-state index is 4.79. The fourth-order valence-electron chi connectivity index (χ4n) is 2.90. The molecular formula is C21H18N4. The van der Waals surface area contributed by atoms with Crippen LogP contribution in [-0.4, -0.2) is 9.38 Å². The zero-order valence-corrected chi connectivity index (χ0v) is 14.2. The van der Waals surface area contributed by atoms with Crippen molar-refractivity contribution in [1.29, 1.82) is 0 Å². The zero-order valence-electron chi connectivity index (χ0n) is 14.2. The Balaban J connectivity index is 1.93. The molecular weight excluding hydrogens is 308 g/mol. The van der Waals surface area contributed by atoms with Crippen LogP contribution in [0.4, 0.5) is 11.5 Å². The number of benzene rings is 2. The van der Waals surface area contributed by atoms with Crippen LogP contribution >= 0.6 is 0 Å². The van der Waals surface area contributed by atoms with Crippen molar-refractivity contribution in [1.82, 2.24) is 9.38 Å². The summed E-state index contributed by atoms with van der Waals surface area (Å²) in [5.74, 6) is 0.752. The van der Waals surface area contributed by atoms with E-state index in [0.29, 0.717) is 0 Å². The first-order chi connectivity index (χ1) is 12.2. The number of hydrogen-bond acceptors (Lipinski definition) is 3. The minimum Gasteiger partial charge on any atom is -0.280 e. The molecule has 0 saturated carbocycles. The average Bonchev–Trinajstić information content (AvgIpc) is 3.02. The van der Waals surface area contributed by atoms with Gasteiger partial charge in [-0.1, -0.05) is 54.6 Å². The molecule has 4 heteroatoms. The van der Waals surface area contributed by atoms with Crippen molar-refractivity contribution in [2.24, 2.45) is 10.2 Å². The van der Waals surface area contributed by atoms with Crippen LogP contribution in [0.2, 0.25) is 0 Å². The standard InChI is InChI=1S/C21H18N4/c1-15-9-6-7-13-18(15)23-24-21-20(17-11-4-3-5-12-17)22-19-14-8-10-16(2)25(19)21/h3-14H,1-2H3. The number of hydrogen-bond donors (Lipinski definition) is 0. The third-order valence-electron chi connectivity index (χ3n) is 4.23. The molecule has 0 aliphatic rings. The SMILES string of the molecule is Cc1ccccc1N=Nc1c(-c2ccccc2)nc2cccc(C)n12. The lowest BCUT2D eigenvalue weighted by molar-refractivity contribution is 1.05. The number of aryl methyl sites for hydroxylation is 2. The van der Waals surface area contributed by atoms with Crippen LogP contribution in [0, 0.1) is 13.8 Å². The van der Waals surface area contributed by atoms with Crippen LogP contribution in [0.25, 0.3) is 16.9 Å². The van der Waals surface area contributed by atoms with Crippen molar-refractivity contribution in [2.45, 2.75) is 13.8 Å². The molecule has 25 heavy (non-hydrogen) atoms. The van der Waals surface area contributed by atoms with Crippen LogP contribution < -0.4 is 0 Å². The summed E-state index contributed by atoms with van der Waals surface area (Å²) in [7, 11) is 0. The molecule has 2 heterocycles. The van der Waals surface area contributed by atoms with Gasteiger partial charge in [0.05, 0.1) is 5.69 Å². The monoisotopic (exact) mass is 326 g/mol. The number of fused-ring (bicyclic) bond motifs is 1. The highest BCUT2D eigenvalue weighted by Crippen LogP contribution is 2.33. The molecule has 0 aliphatic heterocycles. The summed E-state index contributed by atoms with van der Waals surface area (Å²) in [6, 6.07) is 24.1. The van der Waals surface area contributed by atoms with E-state index in [-0.39, 0.29) is 0 Å². The molecule has 0 saturated heterocycles. The number of pyridine rings is 1. The van der Waals surface area contributed by atoms with Crippen molar-refractivity contribution in [2.75, 3.05) is 0 Å². The molecule has 4 aromatic rings. The molecule has 0 radical (unpaired) electrons. The highest BCUT2D eigenvalue weighted by molar-refractivity contribution is 5.74. The Bertz CT molecular complexity index is 1060. The Kier molecular flexibility index (Phi) is 3.86. The number of azo groups is 1. The lowest BCUT2D eigenvalue weighted by Crippen LogP contribution is -1.89. The lowest BCUT2D eigenvalue weighted by Gasteiger charge is -2.03. The Labute approximate surface area is 146 Å². The van der Waals surface area contributed by atoms with E-state index >= 15 is 0 Å². The van der Waals surface area contributed by atoms with Gasteiger partial charge in [0.2, 0.25) is 0 Å². The molecule has 122 valence electrons. The van der Waals surface area contributed by atoms with E-state index in [1.54, 1.807) is 0 Å². The van der Waals surface area contributed by atoms with Crippen LogP contribution in [-0.2, 0) is 0 Å². The van der Waals surface area contributed by atoms with E-state index in [0.717, 1.165) is 39.7 Å². The molecule has 4 rings (SSSR count). The van der Waals surface area contributed by atoms with Crippen LogP contribution in [0.1, 0.15) is 11.3 Å². The summed E-state index contributed by atoms with van der Waals surface area (Å²) in [5.41, 5.74) is 5.78. The molecule has 0 unspecified atom stereocenters. The van der Waals surface area contributed by atoms with Gasteiger partial charge in [0, 0.05) is 11.3 Å². The fourth-order valence-corrected chi connectivity index (χ4v) is 2.90. The van der Waals surface area contributed by atoms with Gasteiger partial charge in [-0.2, -0.15) is 0 Å². The van der Waals surface area contributed by atoms with Crippen LogP contribution in [0.3, 0.4) is 0 Å². The normalized spacial score (nSPS) is 11.4. The van der Waals surface area contributed by atoms with Crippen LogP contribution in [0.15, 0.2) is 83.0 Å². The highest BCUT2D eigenvalue weighted by atomic mass is 15.2. The third kappa shape index (κ3) is 2.83. The molecule has 0 bridgehead atoms. The van der Waals surface area contributed by atoms with E-state index in [1.807, 2.05) is 78.1 Å². The predicted molar refractivity (Wildman–Crippen MR) is 101 cm³/mol. The maximum atomic E-state index is 4.79. The Morgan fingerprint density at radius 3 is 2.32 bits per heavy atom. The van der Waals surface area contributed by atoms with Crippen molar-refractivity contribution >= 4 is 17.2 Å². The van der Waals surface area contributed by atoms with E-state index in [1.165, 1.54) is 0 Å². The quantitative estimate of drug-likeness (QED) is 0.424. The molecule has 0 amide bonds. The molecule has 0 aliphatic carbocycles. The molecule has 0 N–H and O–H groups in total. The highest BCUT2D eigenvalue weighted by Gasteiger charge is 2.15. The smallest absolute Gasteiger partial charge is 0.187 e. The van der Waals surface area contributed by atoms with Crippen molar-refractivity contribution in [3.8, 4) is 11.3 Å². The topological polar surface area (TPSA) is 42.0 Å². The van der Waals surface area contributed by atoms with Crippen molar-refractivity contribution in [3.63, 3.8) is 0 Å². The molecule has 4 nitrogen and oxygen atoms in total. The van der Waals surface area contributed by atoms with E-state index in [4.69, 9.17) is 4.98 Å². The predicted octanol–water partition coefficient (Wildman–Crippen LogP) is 6.03. The van der Waals surface area contributed by atoms with Gasteiger partial charge in [-0.3, -0.25) is 4.40 Å².